The molecule has 1 aromatic carbocycles. The third-order valence-corrected chi connectivity index (χ3v) is 3.45. The van der Waals surface area contributed by atoms with Gasteiger partial charge in [-0.1, -0.05) is 6.07 Å². The summed E-state index contributed by atoms with van der Waals surface area (Å²) in [5.41, 5.74) is 3.24. The van der Waals surface area contributed by atoms with Crippen molar-refractivity contribution in [1.82, 2.24) is 10.6 Å². The number of amides is 2. The highest BCUT2D eigenvalue weighted by Crippen LogP contribution is 2.22. The summed E-state index contributed by atoms with van der Waals surface area (Å²) >= 11 is 0. The van der Waals surface area contributed by atoms with Gasteiger partial charge in [-0.15, -0.1) is 0 Å². The number of benzene rings is 1. The molecule has 19 heavy (non-hydrogen) atoms. The summed E-state index contributed by atoms with van der Waals surface area (Å²) in [7, 11) is 0. The molecule has 0 bridgehead atoms. The van der Waals surface area contributed by atoms with Gasteiger partial charge >= 0.3 is 0 Å². The molecule has 1 aliphatic carbocycles. The van der Waals surface area contributed by atoms with E-state index < -0.39 is 6.04 Å². The topological polar surface area (TPSA) is 58.2 Å². The quantitative estimate of drug-likeness (QED) is 0.860. The first-order valence-corrected chi connectivity index (χ1v) is 6.82. The normalized spacial score (nSPS) is 14.6. The van der Waals surface area contributed by atoms with Crippen molar-refractivity contribution in [2.24, 2.45) is 0 Å². The molecule has 0 spiro atoms. The molecular weight excluding hydrogens is 240 g/mol. The number of aryl methyl sites for hydroxylation is 2. The highest BCUT2D eigenvalue weighted by Gasteiger charge is 2.18. The van der Waals surface area contributed by atoms with Crippen LogP contribution in [0.1, 0.15) is 41.8 Å². The molecule has 0 radical (unpaired) electrons. The maximum atomic E-state index is 12.1. The summed E-state index contributed by atoms with van der Waals surface area (Å²) in [6, 6.07) is 5.29. The van der Waals surface area contributed by atoms with Crippen LogP contribution in [-0.4, -0.2) is 24.4 Å². The lowest BCUT2D eigenvalue weighted by Gasteiger charge is -2.13. The van der Waals surface area contributed by atoms with E-state index in [0.717, 1.165) is 19.3 Å². The van der Waals surface area contributed by atoms with Crippen LogP contribution in [0.3, 0.4) is 0 Å². The van der Waals surface area contributed by atoms with E-state index in [1.54, 1.807) is 6.92 Å². The zero-order chi connectivity index (χ0) is 13.8. The zero-order valence-corrected chi connectivity index (χ0v) is 11.5. The molecule has 1 atom stereocenters. The predicted molar refractivity (Wildman–Crippen MR) is 74.1 cm³/mol. The Balaban J connectivity index is 2.02. The van der Waals surface area contributed by atoms with Gasteiger partial charge in [0.1, 0.15) is 6.04 Å². The average Bonchev–Trinajstić information content (AvgIpc) is 2.85. The van der Waals surface area contributed by atoms with Gasteiger partial charge in [0, 0.05) is 12.1 Å². The Morgan fingerprint density at radius 3 is 2.74 bits per heavy atom. The second kappa shape index (κ2) is 5.87. The van der Waals surface area contributed by atoms with Gasteiger partial charge in [0.2, 0.25) is 5.91 Å². The van der Waals surface area contributed by atoms with Crippen LogP contribution in [-0.2, 0) is 17.6 Å². The molecule has 0 heterocycles. The van der Waals surface area contributed by atoms with E-state index in [0.29, 0.717) is 12.1 Å². The summed E-state index contributed by atoms with van der Waals surface area (Å²) in [6.45, 7) is 4.11. The van der Waals surface area contributed by atoms with Crippen LogP contribution < -0.4 is 10.6 Å². The first-order chi connectivity index (χ1) is 9.11. The minimum atomic E-state index is -0.513. The number of hydrogen-bond donors (Lipinski definition) is 2. The lowest BCUT2D eigenvalue weighted by Crippen LogP contribution is -2.44. The third-order valence-electron chi connectivity index (χ3n) is 3.45. The monoisotopic (exact) mass is 260 g/mol. The Labute approximate surface area is 113 Å². The first kappa shape index (κ1) is 13.6. The van der Waals surface area contributed by atoms with Gasteiger partial charge in [-0.05, 0) is 56.4 Å². The SMILES string of the molecule is CCNC(=O)C(C)NC(=O)c1ccc2c(c1)CCC2. The molecule has 1 aliphatic rings. The summed E-state index contributed by atoms with van der Waals surface area (Å²) in [6.07, 6.45) is 3.31. The molecule has 0 saturated carbocycles. The number of likely N-dealkylation sites (N-methyl/N-ethyl adjacent to an activating group) is 1. The van der Waals surface area contributed by atoms with Gasteiger partial charge in [0.15, 0.2) is 0 Å². The minimum Gasteiger partial charge on any atom is -0.355 e. The highest BCUT2D eigenvalue weighted by molar-refractivity contribution is 5.97. The lowest BCUT2D eigenvalue weighted by molar-refractivity contribution is -0.122. The highest BCUT2D eigenvalue weighted by atomic mass is 16.2. The van der Waals surface area contributed by atoms with Crippen molar-refractivity contribution in [3.8, 4) is 0 Å². The number of hydrogen-bond acceptors (Lipinski definition) is 2. The van der Waals surface area contributed by atoms with Gasteiger partial charge in [-0.2, -0.15) is 0 Å². The number of carbonyl (C=O) groups excluding carboxylic acids is 2. The van der Waals surface area contributed by atoms with Crippen molar-refractivity contribution >= 4 is 11.8 Å². The zero-order valence-electron chi connectivity index (χ0n) is 11.5. The summed E-state index contributed by atoms with van der Waals surface area (Å²) < 4.78 is 0. The molecule has 2 amide bonds. The second-order valence-corrected chi connectivity index (χ2v) is 4.93. The number of rotatable bonds is 4. The molecule has 4 heteroatoms. The van der Waals surface area contributed by atoms with Gasteiger partial charge in [-0.25, -0.2) is 0 Å². The van der Waals surface area contributed by atoms with Gasteiger partial charge in [0.25, 0.3) is 5.91 Å². The molecule has 0 saturated heterocycles. The fourth-order valence-corrected chi connectivity index (χ4v) is 2.39. The lowest BCUT2D eigenvalue weighted by atomic mass is 10.1. The number of fused-ring (bicyclic) bond motifs is 1. The maximum Gasteiger partial charge on any atom is 0.251 e. The van der Waals surface area contributed by atoms with Crippen LogP contribution in [0.4, 0.5) is 0 Å². The van der Waals surface area contributed by atoms with Gasteiger partial charge < -0.3 is 10.6 Å². The Hall–Kier alpha value is -1.84. The molecule has 2 N–H and O–H groups in total. The second-order valence-electron chi connectivity index (χ2n) is 4.93. The Kier molecular flexibility index (Phi) is 4.20. The fourth-order valence-electron chi connectivity index (χ4n) is 2.39. The number of carbonyl (C=O) groups is 2. The van der Waals surface area contributed by atoms with E-state index in [9.17, 15) is 9.59 Å². The summed E-state index contributed by atoms with van der Waals surface area (Å²) in [5, 5.41) is 5.41. The maximum absolute atomic E-state index is 12.1. The smallest absolute Gasteiger partial charge is 0.251 e. The molecule has 0 fully saturated rings. The molecule has 1 aromatic rings. The Morgan fingerprint density at radius 2 is 2.00 bits per heavy atom. The molecule has 4 nitrogen and oxygen atoms in total. The van der Waals surface area contributed by atoms with Crippen molar-refractivity contribution in [2.75, 3.05) is 6.54 Å². The van der Waals surface area contributed by atoms with E-state index in [-0.39, 0.29) is 11.8 Å². The Bertz CT molecular complexity index is 497. The van der Waals surface area contributed by atoms with Gasteiger partial charge in [-0.3, -0.25) is 9.59 Å². The van der Waals surface area contributed by atoms with Crippen LogP contribution in [0, 0.1) is 0 Å². The Morgan fingerprint density at radius 1 is 1.26 bits per heavy atom. The first-order valence-electron chi connectivity index (χ1n) is 6.82. The van der Waals surface area contributed by atoms with Crippen molar-refractivity contribution in [2.45, 2.75) is 39.2 Å². The van der Waals surface area contributed by atoms with Crippen molar-refractivity contribution in [3.05, 3.63) is 34.9 Å². The van der Waals surface area contributed by atoms with E-state index in [1.165, 1.54) is 11.1 Å². The minimum absolute atomic E-state index is 0.156. The molecule has 1 unspecified atom stereocenters. The third kappa shape index (κ3) is 3.13. The van der Waals surface area contributed by atoms with E-state index in [4.69, 9.17) is 0 Å². The number of nitrogens with one attached hydrogen (secondary N) is 2. The van der Waals surface area contributed by atoms with E-state index >= 15 is 0 Å². The van der Waals surface area contributed by atoms with Crippen molar-refractivity contribution in [1.29, 1.82) is 0 Å². The van der Waals surface area contributed by atoms with Crippen LogP contribution in [0.15, 0.2) is 18.2 Å². The van der Waals surface area contributed by atoms with Gasteiger partial charge in [0.05, 0.1) is 0 Å². The van der Waals surface area contributed by atoms with Crippen LogP contribution in [0.2, 0.25) is 0 Å². The van der Waals surface area contributed by atoms with Crippen molar-refractivity contribution < 1.29 is 9.59 Å². The standard InChI is InChI=1S/C15H20N2O2/c1-3-16-14(18)10(2)17-15(19)13-8-7-11-5-4-6-12(11)9-13/h7-10H,3-6H2,1-2H3,(H,16,18)(H,17,19). The molecule has 2 rings (SSSR count). The fraction of sp³-hybridized carbons (Fsp3) is 0.467. The average molecular weight is 260 g/mol. The summed E-state index contributed by atoms with van der Waals surface area (Å²) in [5.74, 6) is -0.342. The predicted octanol–water partition coefficient (Wildman–Crippen LogP) is 1.43. The van der Waals surface area contributed by atoms with E-state index in [1.807, 2.05) is 25.1 Å². The molecule has 102 valence electrons. The van der Waals surface area contributed by atoms with E-state index in [2.05, 4.69) is 10.6 Å². The van der Waals surface area contributed by atoms with Crippen LogP contribution in [0.5, 0.6) is 0 Å². The molecular formula is C15H20N2O2. The van der Waals surface area contributed by atoms with Crippen LogP contribution in [0.25, 0.3) is 0 Å². The van der Waals surface area contributed by atoms with Crippen LogP contribution >= 0.6 is 0 Å². The molecule has 0 aromatic heterocycles. The van der Waals surface area contributed by atoms with Crippen molar-refractivity contribution in [3.63, 3.8) is 0 Å². The largest absolute Gasteiger partial charge is 0.355 e. The molecule has 0 aliphatic heterocycles. The summed E-state index contributed by atoms with van der Waals surface area (Å²) in [4.78, 5) is 23.6.